The molecule has 1 heterocycles. The molecular formula is C13H11ClN2O2. The van der Waals surface area contributed by atoms with E-state index < -0.39 is 5.97 Å². The van der Waals surface area contributed by atoms with Crippen molar-refractivity contribution in [3.8, 4) is 11.3 Å². The Balaban J connectivity index is 2.52. The highest BCUT2D eigenvalue weighted by Gasteiger charge is 2.16. The summed E-state index contributed by atoms with van der Waals surface area (Å²) in [4.78, 5) is 19.8. The Morgan fingerprint density at radius 3 is 2.89 bits per heavy atom. The summed E-state index contributed by atoms with van der Waals surface area (Å²) in [6.07, 6.45) is 2.81. The molecule has 1 aromatic carbocycles. The Labute approximate surface area is 110 Å². The van der Waals surface area contributed by atoms with Crippen molar-refractivity contribution in [3.63, 3.8) is 0 Å². The maximum absolute atomic E-state index is 11.8. The molecule has 0 aliphatic carbocycles. The van der Waals surface area contributed by atoms with E-state index in [2.05, 4.69) is 9.97 Å². The van der Waals surface area contributed by atoms with E-state index in [0.29, 0.717) is 28.5 Å². The molecule has 2 aromatic rings. The molecule has 0 bridgehead atoms. The predicted molar refractivity (Wildman–Crippen MR) is 68.4 cm³/mol. The van der Waals surface area contributed by atoms with Crippen molar-refractivity contribution in [3.05, 3.63) is 47.4 Å². The molecule has 0 spiro atoms. The number of hydrogen-bond donors (Lipinski definition) is 0. The van der Waals surface area contributed by atoms with Gasteiger partial charge in [-0.2, -0.15) is 0 Å². The van der Waals surface area contributed by atoms with Crippen LogP contribution in [0.15, 0.2) is 36.8 Å². The minimum Gasteiger partial charge on any atom is -0.462 e. The molecule has 0 radical (unpaired) electrons. The smallest absolute Gasteiger partial charge is 0.341 e. The summed E-state index contributed by atoms with van der Waals surface area (Å²) in [7, 11) is 0. The number of benzene rings is 1. The third-order valence-corrected chi connectivity index (χ3v) is 2.67. The Kier molecular flexibility index (Phi) is 3.89. The quantitative estimate of drug-likeness (QED) is 0.798. The summed E-state index contributed by atoms with van der Waals surface area (Å²) in [6, 6.07) is 7.19. The molecule has 0 N–H and O–H groups in total. The van der Waals surface area contributed by atoms with Crippen LogP contribution in [0.4, 0.5) is 0 Å². The third-order valence-electron chi connectivity index (χ3n) is 2.34. The molecule has 1 aromatic heterocycles. The summed E-state index contributed by atoms with van der Waals surface area (Å²) in [5.74, 6) is -0.451. The number of ether oxygens (including phenoxy) is 1. The molecule has 2 rings (SSSR count). The summed E-state index contributed by atoms with van der Waals surface area (Å²) in [6.45, 7) is 2.05. The Morgan fingerprint density at radius 1 is 1.39 bits per heavy atom. The van der Waals surface area contributed by atoms with Crippen LogP contribution in [0, 0.1) is 0 Å². The summed E-state index contributed by atoms with van der Waals surface area (Å²) < 4.78 is 4.97. The van der Waals surface area contributed by atoms with Gasteiger partial charge in [0.15, 0.2) is 0 Å². The van der Waals surface area contributed by atoms with Gasteiger partial charge in [-0.05, 0) is 13.0 Å². The van der Waals surface area contributed by atoms with Crippen LogP contribution in [0.5, 0.6) is 0 Å². The lowest BCUT2D eigenvalue weighted by molar-refractivity contribution is 0.0526. The van der Waals surface area contributed by atoms with Gasteiger partial charge in [0.1, 0.15) is 11.9 Å². The first-order chi connectivity index (χ1) is 8.74. The molecule has 18 heavy (non-hydrogen) atoms. The number of esters is 1. The maximum atomic E-state index is 11.8. The lowest BCUT2D eigenvalue weighted by Crippen LogP contribution is -2.08. The zero-order valence-corrected chi connectivity index (χ0v) is 10.5. The number of hydrogen-bond acceptors (Lipinski definition) is 4. The predicted octanol–water partition coefficient (Wildman–Crippen LogP) is 2.97. The number of rotatable bonds is 3. The average molecular weight is 263 g/mol. The number of nitrogens with zero attached hydrogens (tertiary/aromatic N) is 2. The van der Waals surface area contributed by atoms with E-state index in [-0.39, 0.29) is 0 Å². The number of halogens is 1. The Bertz CT molecular complexity index is 572. The van der Waals surface area contributed by atoms with Crippen molar-refractivity contribution in [2.45, 2.75) is 6.92 Å². The molecule has 0 unspecified atom stereocenters. The molecule has 0 aliphatic heterocycles. The molecule has 5 heteroatoms. The van der Waals surface area contributed by atoms with Crippen LogP contribution in [0.2, 0.25) is 5.02 Å². The fraction of sp³-hybridized carbons (Fsp3) is 0.154. The monoisotopic (exact) mass is 262 g/mol. The summed E-state index contributed by atoms with van der Waals surface area (Å²) >= 11 is 6.10. The molecule has 0 atom stereocenters. The minimum absolute atomic E-state index is 0.301. The first kappa shape index (κ1) is 12.5. The van der Waals surface area contributed by atoms with E-state index >= 15 is 0 Å². The van der Waals surface area contributed by atoms with Crippen LogP contribution >= 0.6 is 11.6 Å². The normalized spacial score (nSPS) is 10.1. The lowest BCUT2D eigenvalue weighted by atomic mass is 10.1. The summed E-state index contributed by atoms with van der Waals surface area (Å²) in [5, 5.41) is 0.529. The highest BCUT2D eigenvalue weighted by atomic mass is 35.5. The highest BCUT2D eigenvalue weighted by molar-refractivity contribution is 6.33. The lowest BCUT2D eigenvalue weighted by Gasteiger charge is -2.08. The zero-order valence-electron chi connectivity index (χ0n) is 9.76. The molecule has 0 amide bonds. The molecule has 0 saturated carbocycles. The number of carbonyl (C=O) groups is 1. The van der Waals surface area contributed by atoms with Crippen molar-refractivity contribution < 1.29 is 9.53 Å². The van der Waals surface area contributed by atoms with Gasteiger partial charge in [0.25, 0.3) is 0 Å². The van der Waals surface area contributed by atoms with Gasteiger partial charge in [0.05, 0.1) is 12.3 Å². The Morgan fingerprint density at radius 2 is 2.17 bits per heavy atom. The SMILES string of the molecule is CCOC(=O)c1cncnc1-c1ccccc1Cl. The summed E-state index contributed by atoms with van der Waals surface area (Å²) in [5.41, 5.74) is 1.48. The zero-order chi connectivity index (χ0) is 13.0. The van der Waals surface area contributed by atoms with E-state index in [1.807, 2.05) is 12.1 Å². The van der Waals surface area contributed by atoms with Gasteiger partial charge in [-0.25, -0.2) is 14.8 Å². The minimum atomic E-state index is -0.451. The molecule has 0 aliphatic rings. The second kappa shape index (κ2) is 5.60. The van der Waals surface area contributed by atoms with Crippen LogP contribution in [0.3, 0.4) is 0 Å². The first-order valence-corrected chi connectivity index (χ1v) is 5.84. The average Bonchev–Trinajstić information content (AvgIpc) is 2.40. The maximum Gasteiger partial charge on any atom is 0.341 e. The van der Waals surface area contributed by atoms with Gasteiger partial charge in [-0.3, -0.25) is 0 Å². The van der Waals surface area contributed by atoms with Crippen LogP contribution in [0.1, 0.15) is 17.3 Å². The Hall–Kier alpha value is -1.94. The molecule has 0 saturated heterocycles. The van der Waals surface area contributed by atoms with Crippen molar-refractivity contribution in [2.75, 3.05) is 6.61 Å². The van der Waals surface area contributed by atoms with Gasteiger partial charge in [-0.15, -0.1) is 0 Å². The van der Waals surface area contributed by atoms with Crippen LogP contribution in [-0.2, 0) is 4.74 Å². The second-order valence-electron chi connectivity index (χ2n) is 3.49. The van der Waals surface area contributed by atoms with Crippen molar-refractivity contribution in [1.82, 2.24) is 9.97 Å². The van der Waals surface area contributed by atoms with Gasteiger partial charge in [0.2, 0.25) is 0 Å². The third kappa shape index (κ3) is 2.49. The van der Waals surface area contributed by atoms with Crippen molar-refractivity contribution >= 4 is 17.6 Å². The fourth-order valence-corrected chi connectivity index (χ4v) is 1.78. The van der Waals surface area contributed by atoms with E-state index in [1.54, 1.807) is 19.1 Å². The van der Waals surface area contributed by atoms with Gasteiger partial charge >= 0.3 is 5.97 Å². The topological polar surface area (TPSA) is 52.1 Å². The number of aromatic nitrogens is 2. The largest absolute Gasteiger partial charge is 0.462 e. The molecule has 4 nitrogen and oxygen atoms in total. The van der Waals surface area contributed by atoms with E-state index in [1.165, 1.54) is 12.5 Å². The van der Waals surface area contributed by atoms with Crippen LogP contribution in [-0.4, -0.2) is 22.5 Å². The molecule has 0 fully saturated rings. The fourth-order valence-electron chi connectivity index (χ4n) is 1.56. The van der Waals surface area contributed by atoms with Crippen LogP contribution in [0.25, 0.3) is 11.3 Å². The second-order valence-corrected chi connectivity index (χ2v) is 3.89. The highest BCUT2D eigenvalue weighted by Crippen LogP contribution is 2.28. The molecule has 92 valence electrons. The van der Waals surface area contributed by atoms with E-state index in [0.717, 1.165) is 0 Å². The van der Waals surface area contributed by atoms with Crippen molar-refractivity contribution in [2.24, 2.45) is 0 Å². The van der Waals surface area contributed by atoms with E-state index in [9.17, 15) is 4.79 Å². The molecular weight excluding hydrogens is 252 g/mol. The van der Waals surface area contributed by atoms with Gasteiger partial charge in [-0.1, -0.05) is 29.8 Å². The standard InChI is InChI=1S/C13H11ClN2O2/c1-2-18-13(17)10-7-15-8-16-12(10)9-5-3-4-6-11(9)14/h3-8H,2H2,1H3. The van der Waals surface area contributed by atoms with Gasteiger partial charge < -0.3 is 4.74 Å². The van der Waals surface area contributed by atoms with E-state index in [4.69, 9.17) is 16.3 Å². The first-order valence-electron chi connectivity index (χ1n) is 5.46. The number of carbonyl (C=O) groups excluding carboxylic acids is 1. The van der Waals surface area contributed by atoms with Gasteiger partial charge in [0, 0.05) is 16.8 Å². The van der Waals surface area contributed by atoms with Crippen LogP contribution < -0.4 is 0 Å². The van der Waals surface area contributed by atoms with Crippen molar-refractivity contribution in [1.29, 1.82) is 0 Å².